The number of nitrogens with zero attached hydrogens (tertiary/aromatic N) is 1. The van der Waals surface area contributed by atoms with Crippen LogP contribution in [-0.4, -0.2) is 44.7 Å². The highest BCUT2D eigenvalue weighted by atomic mass is 16.5. The quantitative estimate of drug-likeness (QED) is 0.416. The molecule has 0 fully saturated rings. The topological polar surface area (TPSA) is 67.6 Å². The Bertz CT molecular complexity index is 357. The lowest BCUT2D eigenvalue weighted by molar-refractivity contribution is -0.123. The fraction of sp³-hybridized carbons (Fsp3) is 0.462. The predicted octanol–water partition coefficient (Wildman–Crippen LogP) is 0.338. The van der Waals surface area contributed by atoms with E-state index >= 15 is 0 Å². The zero-order chi connectivity index (χ0) is 13.4. The molecule has 0 aromatic heterocycles. The van der Waals surface area contributed by atoms with E-state index in [-0.39, 0.29) is 11.8 Å². The van der Waals surface area contributed by atoms with E-state index in [1.54, 1.807) is 7.11 Å². The molecule has 1 amide bonds. The van der Waals surface area contributed by atoms with Crippen LogP contribution in [0.25, 0.3) is 0 Å². The maximum absolute atomic E-state index is 11.8. The molecule has 0 bridgehead atoms. The summed E-state index contributed by atoms with van der Waals surface area (Å²) in [4.78, 5) is 13.9. The average Bonchev–Trinajstić information content (AvgIpc) is 2.42. The monoisotopic (exact) mass is 251 g/mol. The summed E-state index contributed by atoms with van der Waals surface area (Å²) in [6, 6.07) is 9.63. The van der Waals surface area contributed by atoms with Crippen molar-refractivity contribution in [3.05, 3.63) is 35.9 Å². The maximum atomic E-state index is 11.8. The van der Waals surface area contributed by atoms with E-state index in [1.165, 1.54) is 0 Å². The van der Waals surface area contributed by atoms with E-state index in [2.05, 4.69) is 10.3 Å². The molecule has 1 atom stereocenters. The number of hydrogen-bond acceptors (Lipinski definition) is 4. The van der Waals surface area contributed by atoms with Gasteiger partial charge in [0.15, 0.2) is 0 Å². The Morgan fingerprint density at radius 2 is 2.11 bits per heavy atom. The summed E-state index contributed by atoms with van der Waals surface area (Å²) in [5.41, 5.74) is 3.19. The van der Waals surface area contributed by atoms with E-state index in [4.69, 9.17) is 10.6 Å². The molecule has 0 saturated carbocycles. The number of ether oxygens (including phenoxy) is 1. The van der Waals surface area contributed by atoms with E-state index in [9.17, 15) is 4.79 Å². The number of benzene rings is 1. The van der Waals surface area contributed by atoms with Crippen LogP contribution in [0, 0.1) is 0 Å². The van der Waals surface area contributed by atoms with Crippen LogP contribution in [0.3, 0.4) is 0 Å². The molecule has 1 unspecified atom stereocenters. The van der Waals surface area contributed by atoms with Crippen molar-refractivity contribution >= 4 is 5.91 Å². The van der Waals surface area contributed by atoms with Gasteiger partial charge in [-0.25, -0.2) is 5.84 Å². The lowest BCUT2D eigenvalue weighted by Gasteiger charge is -2.22. The smallest absolute Gasteiger partial charge is 0.242 e. The molecule has 0 radical (unpaired) electrons. The molecule has 1 rings (SSSR count). The van der Waals surface area contributed by atoms with Gasteiger partial charge in [-0.15, -0.1) is 0 Å². The second-order valence-electron chi connectivity index (χ2n) is 4.23. The van der Waals surface area contributed by atoms with Gasteiger partial charge in [0, 0.05) is 20.2 Å². The first-order chi connectivity index (χ1) is 8.69. The van der Waals surface area contributed by atoms with Gasteiger partial charge in [-0.2, -0.15) is 0 Å². The van der Waals surface area contributed by atoms with Gasteiger partial charge in [-0.1, -0.05) is 30.3 Å². The number of nitrogens with two attached hydrogens (primary N) is 1. The summed E-state index contributed by atoms with van der Waals surface area (Å²) >= 11 is 0. The maximum Gasteiger partial charge on any atom is 0.242 e. The second-order valence-corrected chi connectivity index (χ2v) is 4.23. The van der Waals surface area contributed by atoms with Gasteiger partial charge < -0.3 is 9.64 Å². The minimum Gasteiger partial charge on any atom is -0.383 e. The van der Waals surface area contributed by atoms with Crippen molar-refractivity contribution in [2.45, 2.75) is 5.92 Å². The molecule has 0 heterocycles. The molecule has 0 aliphatic carbocycles. The van der Waals surface area contributed by atoms with Crippen LogP contribution in [0.1, 0.15) is 11.5 Å². The van der Waals surface area contributed by atoms with Crippen molar-refractivity contribution in [1.82, 2.24) is 10.3 Å². The van der Waals surface area contributed by atoms with Crippen LogP contribution in [0.4, 0.5) is 0 Å². The Morgan fingerprint density at radius 1 is 1.44 bits per heavy atom. The largest absolute Gasteiger partial charge is 0.383 e. The highest BCUT2D eigenvalue weighted by Gasteiger charge is 2.21. The minimum absolute atomic E-state index is 0.175. The number of methoxy groups -OCH3 is 1. The first kappa shape index (κ1) is 14.6. The number of likely N-dealkylation sites (N-methyl/N-ethyl adjacent to an activating group) is 1. The molecule has 1 aromatic rings. The first-order valence-electron chi connectivity index (χ1n) is 5.92. The fourth-order valence-electron chi connectivity index (χ4n) is 1.78. The fourth-order valence-corrected chi connectivity index (χ4v) is 1.78. The van der Waals surface area contributed by atoms with Gasteiger partial charge in [-0.3, -0.25) is 10.2 Å². The molecule has 18 heavy (non-hydrogen) atoms. The summed E-state index contributed by atoms with van der Waals surface area (Å²) in [6.07, 6.45) is 0. The van der Waals surface area contributed by atoms with E-state index in [1.807, 2.05) is 37.4 Å². The van der Waals surface area contributed by atoms with Crippen molar-refractivity contribution in [2.75, 3.05) is 33.9 Å². The summed E-state index contributed by atoms with van der Waals surface area (Å²) < 4.78 is 5.02. The highest BCUT2D eigenvalue weighted by Crippen LogP contribution is 2.16. The van der Waals surface area contributed by atoms with Crippen molar-refractivity contribution in [2.24, 2.45) is 5.84 Å². The number of rotatable bonds is 7. The summed E-state index contributed by atoms with van der Waals surface area (Å²) in [7, 11) is 3.62. The number of carbonyl (C=O) groups excluding carboxylic acids is 1. The molecule has 3 N–H and O–H groups in total. The third-order valence-electron chi connectivity index (χ3n) is 2.83. The highest BCUT2D eigenvalue weighted by molar-refractivity contribution is 5.83. The van der Waals surface area contributed by atoms with Crippen molar-refractivity contribution < 1.29 is 9.53 Å². The molecule has 5 heteroatoms. The van der Waals surface area contributed by atoms with Crippen LogP contribution < -0.4 is 11.3 Å². The van der Waals surface area contributed by atoms with Crippen LogP contribution in [-0.2, 0) is 9.53 Å². The third-order valence-corrected chi connectivity index (χ3v) is 2.83. The van der Waals surface area contributed by atoms with Crippen molar-refractivity contribution in [1.29, 1.82) is 0 Å². The van der Waals surface area contributed by atoms with Crippen LogP contribution in [0.2, 0.25) is 0 Å². The van der Waals surface area contributed by atoms with E-state index in [0.29, 0.717) is 13.2 Å². The number of amides is 1. The molecular weight excluding hydrogens is 230 g/mol. The van der Waals surface area contributed by atoms with Gasteiger partial charge in [0.2, 0.25) is 5.91 Å². The minimum atomic E-state index is -0.266. The predicted molar refractivity (Wildman–Crippen MR) is 70.9 cm³/mol. The van der Waals surface area contributed by atoms with Crippen LogP contribution in [0.5, 0.6) is 0 Å². The lowest BCUT2D eigenvalue weighted by atomic mass is 9.98. The van der Waals surface area contributed by atoms with Gasteiger partial charge in [-0.05, 0) is 12.6 Å². The average molecular weight is 251 g/mol. The second kappa shape index (κ2) is 7.81. The number of carbonyl (C=O) groups is 1. The number of hydrogen-bond donors (Lipinski definition) is 2. The van der Waals surface area contributed by atoms with E-state index < -0.39 is 0 Å². The Balaban J connectivity index is 2.71. The summed E-state index contributed by atoms with van der Waals surface area (Å²) in [5, 5.41) is 0. The van der Waals surface area contributed by atoms with Gasteiger partial charge in [0.25, 0.3) is 0 Å². The zero-order valence-corrected chi connectivity index (χ0v) is 10.9. The molecule has 0 saturated heterocycles. The standard InChI is InChI=1S/C13H21N3O2/c1-16(8-9-18-2)10-12(13(17)15-14)11-6-4-3-5-7-11/h3-7,12H,8-10,14H2,1-2H3,(H,15,17). The van der Waals surface area contributed by atoms with Gasteiger partial charge in [0.05, 0.1) is 12.5 Å². The normalized spacial score (nSPS) is 12.4. The molecule has 0 aliphatic heterocycles. The molecule has 5 nitrogen and oxygen atoms in total. The SMILES string of the molecule is COCCN(C)CC(C(=O)NN)c1ccccc1. The Kier molecular flexibility index (Phi) is 6.35. The molecular formula is C13H21N3O2. The Labute approximate surface area is 108 Å². The van der Waals surface area contributed by atoms with Crippen LogP contribution in [0.15, 0.2) is 30.3 Å². The molecule has 100 valence electrons. The molecule has 1 aromatic carbocycles. The van der Waals surface area contributed by atoms with Crippen LogP contribution >= 0.6 is 0 Å². The van der Waals surface area contributed by atoms with Crippen molar-refractivity contribution in [3.8, 4) is 0 Å². The Morgan fingerprint density at radius 3 is 2.67 bits per heavy atom. The molecule has 0 aliphatic rings. The van der Waals surface area contributed by atoms with Gasteiger partial charge >= 0.3 is 0 Å². The number of hydrazine groups is 1. The van der Waals surface area contributed by atoms with Crippen molar-refractivity contribution in [3.63, 3.8) is 0 Å². The summed E-state index contributed by atoms with van der Waals surface area (Å²) in [6.45, 7) is 2.02. The van der Waals surface area contributed by atoms with E-state index in [0.717, 1.165) is 12.1 Å². The summed E-state index contributed by atoms with van der Waals surface area (Å²) in [5.74, 6) is 4.80. The molecule has 0 spiro atoms. The zero-order valence-electron chi connectivity index (χ0n) is 10.9. The number of nitrogens with one attached hydrogen (secondary N) is 1. The Hall–Kier alpha value is -1.43. The van der Waals surface area contributed by atoms with Gasteiger partial charge in [0.1, 0.15) is 0 Å². The lowest BCUT2D eigenvalue weighted by Crippen LogP contribution is -2.40. The third kappa shape index (κ3) is 4.44. The first-order valence-corrected chi connectivity index (χ1v) is 5.92.